The molecule has 0 aromatic heterocycles. The van der Waals surface area contributed by atoms with E-state index in [-0.39, 0.29) is 17.1 Å². The van der Waals surface area contributed by atoms with Crippen LogP contribution in [0.3, 0.4) is 0 Å². The van der Waals surface area contributed by atoms with Gasteiger partial charge in [0, 0.05) is 17.3 Å². The van der Waals surface area contributed by atoms with Gasteiger partial charge in [-0.1, -0.05) is 19.9 Å². The van der Waals surface area contributed by atoms with Crippen LogP contribution in [0.25, 0.3) is 0 Å². The monoisotopic (exact) mass is 478 g/mol. The molecule has 5 nitrogen and oxygen atoms in total. The number of halogens is 1. The van der Waals surface area contributed by atoms with Crippen LogP contribution in [0.1, 0.15) is 44.5 Å². The molecule has 0 saturated carbocycles. The molecule has 0 aliphatic carbocycles. The van der Waals surface area contributed by atoms with Crippen molar-refractivity contribution < 1.29 is 14.3 Å². The molecule has 2 N–H and O–H groups in total. The Morgan fingerprint density at radius 3 is 2.55 bits per heavy atom. The Morgan fingerprint density at radius 2 is 1.90 bits per heavy atom. The van der Waals surface area contributed by atoms with Gasteiger partial charge >= 0.3 is 0 Å². The minimum absolute atomic E-state index is 0.0490. The zero-order valence-corrected chi connectivity index (χ0v) is 19.5. The number of carbonyl (C=O) groups is 1. The van der Waals surface area contributed by atoms with Gasteiger partial charge in [0.15, 0.2) is 5.11 Å². The molecular weight excluding hydrogens is 452 g/mol. The molecule has 0 spiro atoms. The van der Waals surface area contributed by atoms with Crippen LogP contribution in [0.4, 0.5) is 5.69 Å². The van der Waals surface area contributed by atoms with E-state index in [1.54, 1.807) is 18.2 Å². The van der Waals surface area contributed by atoms with Crippen molar-refractivity contribution >= 4 is 44.9 Å². The molecule has 7 heteroatoms. The van der Waals surface area contributed by atoms with E-state index < -0.39 is 0 Å². The van der Waals surface area contributed by atoms with Crippen LogP contribution in [-0.2, 0) is 0 Å². The number of rotatable bonds is 8. The number of thiocarbonyl (C=S) groups is 1. The maximum absolute atomic E-state index is 12.5. The first-order chi connectivity index (χ1) is 13.7. The second kappa shape index (κ2) is 11.2. The zero-order chi connectivity index (χ0) is 21.4. The molecule has 0 atom stereocenters. The predicted molar refractivity (Wildman–Crippen MR) is 125 cm³/mol. The highest BCUT2D eigenvalue weighted by Gasteiger charge is 2.12. The third kappa shape index (κ3) is 8.03. The van der Waals surface area contributed by atoms with Crippen molar-refractivity contribution in [3.63, 3.8) is 0 Å². The molecule has 0 bridgehead atoms. The van der Waals surface area contributed by atoms with Crippen molar-refractivity contribution in [1.82, 2.24) is 5.32 Å². The molecular formula is C22H27BrN2O3S. The van der Waals surface area contributed by atoms with E-state index in [2.05, 4.69) is 40.4 Å². The lowest BCUT2D eigenvalue weighted by Gasteiger charge is -2.14. The molecule has 1 amide bonds. The smallest absolute Gasteiger partial charge is 0.257 e. The van der Waals surface area contributed by atoms with E-state index >= 15 is 0 Å². The van der Waals surface area contributed by atoms with Crippen LogP contribution in [0, 0.1) is 5.92 Å². The highest BCUT2D eigenvalue weighted by atomic mass is 79.9. The molecule has 0 radical (unpaired) electrons. The number of benzene rings is 2. The van der Waals surface area contributed by atoms with Crippen molar-refractivity contribution in [2.45, 2.75) is 40.2 Å². The van der Waals surface area contributed by atoms with Gasteiger partial charge in [-0.2, -0.15) is 0 Å². The van der Waals surface area contributed by atoms with Crippen LogP contribution >= 0.6 is 28.1 Å². The lowest BCUT2D eigenvalue weighted by Crippen LogP contribution is -2.34. The Balaban J connectivity index is 1.93. The number of hydrogen-bond donors (Lipinski definition) is 2. The summed E-state index contributed by atoms with van der Waals surface area (Å²) in [6.45, 7) is 8.87. The quantitative estimate of drug-likeness (QED) is 0.470. The van der Waals surface area contributed by atoms with Gasteiger partial charge < -0.3 is 14.8 Å². The molecule has 2 aromatic rings. The number of nitrogens with one attached hydrogen (secondary N) is 2. The second-order valence-electron chi connectivity index (χ2n) is 7.28. The first kappa shape index (κ1) is 23.2. The summed E-state index contributed by atoms with van der Waals surface area (Å²) in [5, 5.41) is 5.92. The summed E-state index contributed by atoms with van der Waals surface area (Å²) in [5.74, 6) is 1.73. The topological polar surface area (TPSA) is 59.6 Å². The van der Waals surface area contributed by atoms with Gasteiger partial charge in [0.2, 0.25) is 0 Å². The second-order valence-corrected chi connectivity index (χ2v) is 8.54. The summed E-state index contributed by atoms with van der Waals surface area (Å²) in [6, 6.07) is 12.7. The van der Waals surface area contributed by atoms with Crippen molar-refractivity contribution in [2.75, 3.05) is 11.9 Å². The lowest BCUT2D eigenvalue weighted by molar-refractivity contribution is 0.0977. The average molecular weight is 479 g/mol. The van der Waals surface area contributed by atoms with Gasteiger partial charge in [0.05, 0.1) is 17.2 Å². The molecule has 0 aliphatic rings. The minimum Gasteiger partial charge on any atom is -0.494 e. The number of ether oxygens (including phenoxy) is 2. The fraction of sp³-hybridized carbons (Fsp3) is 0.364. The van der Waals surface area contributed by atoms with E-state index in [0.717, 1.165) is 17.9 Å². The number of carbonyl (C=O) groups excluding carboxylic acids is 1. The van der Waals surface area contributed by atoms with Crippen LogP contribution in [0.2, 0.25) is 0 Å². The van der Waals surface area contributed by atoms with Crippen LogP contribution in [0.15, 0.2) is 46.9 Å². The Bertz CT molecular complexity index is 856. The normalized spacial score (nSPS) is 10.7. The number of hydrogen-bond acceptors (Lipinski definition) is 4. The van der Waals surface area contributed by atoms with E-state index in [1.165, 1.54) is 0 Å². The SMILES string of the molecule is CC(C)CCOc1cccc(NC(=S)NC(=O)c2ccc(OC(C)C)c(Br)c2)c1. The Hall–Kier alpha value is -2.12. The molecule has 2 rings (SSSR count). The minimum atomic E-state index is -0.302. The standard InChI is InChI=1S/C22H27BrN2O3S/c1-14(2)10-11-27-18-7-5-6-17(13-18)24-22(29)25-21(26)16-8-9-20(19(23)12-16)28-15(3)4/h5-9,12-15H,10-11H2,1-4H3,(H2,24,25,26,29). The molecule has 0 unspecified atom stereocenters. The first-order valence-electron chi connectivity index (χ1n) is 9.56. The number of anilines is 1. The largest absolute Gasteiger partial charge is 0.494 e. The third-order valence-electron chi connectivity index (χ3n) is 3.84. The van der Waals surface area contributed by atoms with Crippen LogP contribution < -0.4 is 20.1 Å². The highest BCUT2D eigenvalue weighted by molar-refractivity contribution is 9.10. The lowest BCUT2D eigenvalue weighted by atomic mass is 10.1. The Kier molecular flexibility index (Phi) is 8.92. The van der Waals surface area contributed by atoms with Crippen molar-refractivity contribution in [3.05, 3.63) is 52.5 Å². The highest BCUT2D eigenvalue weighted by Crippen LogP contribution is 2.27. The van der Waals surface area contributed by atoms with Gasteiger partial charge in [-0.05, 0) is 84.7 Å². The fourth-order valence-corrected chi connectivity index (χ4v) is 3.09. The van der Waals surface area contributed by atoms with E-state index in [9.17, 15) is 4.79 Å². The summed E-state index contributed by atoms with van der Waals surface area (Å²) >= 11 is 8.71. The molecule has 0 aliphatic heterocycles. The maximum atomic E-state index is 12.5. The van der Waals surface area contributed by atoms with E-state index in [1.807, 2.05) is 38.1 Å². The Morgan fingerprint density at radius 1 is 1.14 bits per heavy atom. The Labute approximate surface area is 186 Å². The summed E-state index contributed by atoms with van der Waals surface area (Å²) in [7, 11) is 0. The van der Waals surface area contributed by atoms with Gasteiger partial charge in [-0.25, -0.2) is 0 Å². The van der Waals surface area contributed by atoms with Crippen molar-refractivity contribution in [1.29, 1.82) is 0 Å². The number of amides is 1. The summed E-state index contributed by atoms with van der Waals surface area (Å²) < 4.78 is 12.1. The fourth-order valence-electron chi connectivity index (χ4n) is 2.41. The van der Waals surface area contributed by atoms with Gasteiger partial charge in [-0.15, -0.1) is 0 Å². The first-order valence-corrected chi connectivity index (χ1v) is 10.8. The maximum Gasteiger partial charge on any atom is 0.257 e. The van der Waals surface area contributed by atoms with Gasteiger partial charge in [0.1, 0.15) is 11.5 Å². The van der Waals surface area contributed by atoms with Crippen molar-refractivity contribution in [2.24, 2.45) is 5.92 Å². The molecule has 29 heavy (non-hydrogen) atoms. The van der Waals surface area contributed by atoms with Crippen molar-refractivity contribution in [3.8, 4) is 11.5 Å². The van der Waals surface area contributed by atoms with Crippen LogP contribution in [-0.4, -0.2) is 23.7 Å². The molecule has 0 fully saturated rings. The third-order valence-corrected chi connectivity index (χ3v) is 4.66. The van der Waals surface area contributed by atoms with Gasteiger partial charge in [0.25, 0.3) is 5.91 Å². The molecule has 156 valence electrons. The van der Waals surface area contributed by atoms with E-state index in [4.69, 9.17) is 21.7 Å². The van der Waals surface area contributed by atoms with Crippen LogP contribution in [0.5, 0.6) is 11.5 Å². The molecule has 0 heterocycles. The summed E-state index contributed by atoms with van der Waals surface area (Å²) in [4.78, 5) is 12.5. The zero-order valence-electron chi connectivity index (χ0n) is 17.1. The molecule has 2 aromatic carbocycles. The summed E-state index contributed by atoms with van der Waals surface area (Å²) in [6.07, 6.45) is 1.04. The van der Waals surface area contributed by atoms with E-state index in [0.29, 0.717) is 28.3 Å². The van der Waals surface area contributed by atoms with Gasteiger partial charge in [-0.3, -0.25) is 10.1 Å². The molecule has 0 saturated heterocycles. The summed E-state index contributed by atoms with van der Waals surface area (Å²) in [5.41, 5.74) is 1.22. The predicted octanol–water partition coefficient (Wildman–Crippen LogP) is 5.79. The average Bonchev–Trinajstić information content (AvgIpc) is 2.63.